The van der Waals surface area contributed by atoms with E-state index in [-0.39, 0.29) is 0 Å². The van der Waals surface area contributed by atoms with Gasteiger partial charge in [0, 0.05) is 23.7 Å². The quantitative estimate of drug-likeness (QED) is 0.914. The Hall–Kier alpha value is -1.24. The summed E-state index contributed by atoms with van der Waals surface area (Å²) in [7, 11) is 1.67. The maximum absolute atomic E-state index is 5.70. The van der Waals surface area contributed by atoms with E-state index in [1.807, 2.05) is 10.6 Å². The second-order valence-corrected chi connectivity index (χ2v) is 5.13. The standard InChI is InChI=1S/C13H17BrN4O/c1-9-3-4-10(11(14)7-9)13-17-16-12(8-15)18(13)5-6-19-2/h3-4,7H,5-6,8,15H2,1-2H3. The third-order valence-electron chi connectivity index (χ3n) is 2.89. The van der Waals surface area contributed by atoms with Crippen LogP contribution in [0.1, 0.15) is 11.4 Å². The molecule has 0 unspecified atom stereocenters. The molecule has 102 valence electrons. The number of hydrogen-bond acceptors (Lipinski definition) is 4. The average Bonchev–Trinajstić information content (AvgIpc) is 2.79. The molecule has 0 aliphatic heterocycles. The number of nitrogens with zero attached hydrogens (tertiary/aromatic N) is 3. The predicted molar refractivity (Wildman–Crippen MR) is 77.7 cm³/mol. The first kappa shape index (κ1) is 14.2. The Bertz CT molecular complexity index is 568. The maximum atomic E-state index is 5.70. The van der Waals surface area contributed by atoms with Crippen LogP contribution < -0.4 is 5.73 Å². The van der Waals surface area contributed by atoms with Crippen LogP contribution in [-0.2, 0) is 17.8 Å². The number of ether oxygens (including phenoxy) is 1. The highest BCUT2D eigenvalue weighted by molar-refractivity contribution is 9.10. The molecule has 1 aromatic carbocycles. The Kier molecular flexibility index (Phi) is 4.68. The van der Waals surface area contributed by atoms with Crippen LogP contribution in [-0.4, -0.2) is 28.5 Å². The Balaban J connectivity index is 2.46. The second kappa shape index (κ2) is 6.27. The number of aromatic nitrogens is 3. The summed E-state index contributed by atoms with van der Waals surface area (Å²) in [6.45, 7) is 3.70. The number of methoxy groups -OCH3 is 1. The monoisotopic (exact) mass is 324 g/mol. The van der Waals surface area contributed by atoms with Crippen molar-refractivity contribution in [1.29, 1.82) is 0 Å². The Labute approximate surface area is 120 Å². The lowest BCUT2D eigenvalue weighted by molar-refractivity contribution is 0.186. The van der Waals surface area contributed by atoms with Gasteiger partial charge in [-0.1, -0.05) is 22.0 Å². The van der Waals surface area contributed by atoms with E-state index in [4.69, 9.17) is 10.5 Å². The van der Waals surface area contributed by atoms with Crippen molar-refractivity contribution in [2.45, 2.75) is 20.0 Å². The Morgan fingerprint density at radius 2 is 2.16 bits per heavy atom. The van der Waals surface area contributed by atoms with E-state index in [0.717, 1.165) is 21.7 Å². The zero-order chi connectivity index (χ0) is 13.8. The molecule has 0 saturated carbocycles. The third kappa shape index (κ3) is 3.02. The summed E-state index contributed by atoms with van der Waals surface area (Å²) >= 11 is 3.57. The molecule has 0 fully saturated rings. The van der Waals surface area contributed by atoms with E-state index in [0.29, 0.717) is 19.7 Å². The lowest BCUT2D eigenvalue weighted by Crippen LogP contribution is -2.12. The van der Waals surface area contributed by atoms with Crippen LogP contribution in [0.15, 0.2) is 22.7 Å². The van der Waals surface area contributed by atoms with Gasteiger partial charge in [-0.3, -0.25) is 0 Å². The summed E-state index contributed by atoms with van der Waals surface area (Å²) in [5, 5.41) is 8.39. The minimum absolute atomic E-state index is 0.361. The Morgan fingerprint density at radius 1 is 1.37 bits per heavy atom. The van der Waals surface area contributed by atoms with Crippen molar-refractivity contribution in [3.8, 4) is 11.4 Å². The highest BCUT2D eigenvalue weighted by Gasteiger charge is 2.14. The first-order chi connectivity index (χ1) is 9.17. The predicted octanol–water partition coefficient (Wildman–Crippen LogP) is 2.12. The lowest BCUT2D eigenvalue weighted by Gasteiger charge is -2.10. The fourth-order valence-electron chi connectivity index (χ4n) is 1.90. The molecule has 2 N–H and O–H groups in total. The minimum Gasteiger partial charge on any atom is -0.383 e. The van der Waals surface area contributed by atoms with Crippen molar-refractivity contribution in [3.05, 3.63) is 34.1 Å². The zero-order valence-electron chi connectivity index (χ0n) is 11.1. The molecular formula is C13H17BrN4O. The number of benzene rings is 1. The van der Waals surface area contributed by atoms with E-state index in [9.17, 15) is 0 Å². The summed E-state index contributed by atoms with van der Waals surface area (Å²) in [6.07, 6.45) is 0. The van der Waals surface area contributed by atoms with Crippen molar-refractivity contribution in [3.63, 3.8) is 0 Å². The van der Waals surface area contributed by atoms with Crippen LogP contribution in [0.2, 0.25) is 0 Å². The fraction of sp³-hybridized carbons (Fsp3) is 0.385. The molecule has 6 heteroatoms. The van der Waals surface area contributed by atoms with Crippen molar-refractivity contribution in [2.24, 2.45) is 5.73 Å². The van der Waals surface area contributed by atoms with E-state index >= 15 is 0 Å². The minimum atomic E-state index is 0.361. The average molecular weight is 325 g/mol. The molecule has 2 aromatic rings. The first-order valence-electron chi connectivity index (χ1n) is 6.05. The van der Waals surface area contributed by atoms with Gasteiger partial charge in [0.2, 0.25) is 0 Å². The van der Waals surface area contributed by atoms with Gasteiger partial charge >= 0.3 is 0 Å². The number of halogens is 1. The van der Waals surface area contributed by atoms with Gasteiger partial charge < -0.3 is 15.0 Å². The third-order valence-corrected chi connectivity index (χ3v) is 3.55. The van der Waals surface area contributed by atoms with Gasteiger partial charge in [0.1, 0.15) is 5.82 Å². The van der Waals surface area contributed by atoms with Crippen LogP contribution in [0.4, 0.5) is 0 Å². The molecule has 0 aliphatic rings. The smallest absolute Gasteiger partial charge is 0.165 e. The van der Waals surface area contributed by atoms with E-state index in [1.54, 1.807) is 7.11 Å². The van der Waals surface area contributed by atoms with Crippen molar-refractivity contribution < 1.29 is 4.74 Å². The molecule has 0 spiro atoms. The topological polar surface area (TPSA) is 66.0 Å². The summed E-state index contributed by atoms with van der Waals surface area (Å²) in [4.78, 5) is 0. The second-order valence-electron chi connectivity index (χ2n) is 4.27. The van der Waals surface area contributed by atoms with Gasteiger partial charge in [-0.25, -0.2) is 0 Å². The molecule has 0 saturated heterocycles. The molecule has 1 heterocycles. The molecule has 0 aliphatic carbocycles. The van der Waals surface area contributed by atoms with E-state index in [2.05, 4.69) is 45.2 Å². The molecule has 1 aromatic heterocycles. The number of nitrogens with two attached hydrogens (primary N) is 1. The summed E-state index contributed by atoms with van der Waals surface area (Å²) < 4.78 is 8.13. The highest BCUT2D eigenvalue weighted by atomic mass is 79.9. The van der Waals surface area contributed by atoms with Crippen molar-refractivity contribution in [1.82, 2.24) is 14.8 Å². The number of hydrogen-bond donors (Lipinski definition) is 1. The molecule has 0 atom stereocenters. The molecule has 2 rings (SSSR count). The van der Waals surface area contributed by atoms with Gasteiger partial charge in [-0.2, -0.15) is 0 Å². The van der Waals surface area contributed by atoms with Gasteiger partial charge in [-0.05, 0) is 24.6 Å². The summed E-state index contributed by atoms with van der Waals surface area (Å²) in [5.41, 5.74) is 7.90. The van der Waals surface area contributed by atoms with Crippen LogP contribution in [0.25, 0.3) is 11.4 Å². The van der Waals surface area contributed by atoms with Crippen molar-refractivity contribution in [2.75, 3.05) is 13.7 Å². The molecular weight excluding hydrogens is 308 g/mol. The summed E-state index contributed by atoms with van der Waals surface area (Å²) in [5.74, 6) is 1.57. The molecule has 5 nitrogen and oxygen atoms in total. The zero-order valence-corrected chi connectivity index (χ0v) is 12.6. The van der Waals surface area contributed by atoms with Gasteiger partial charge in [0.25, 0.3) is 0 Å². The first-order valence-corrected chi connectivity index (χ1v) is 6.84. The van der Waals surface area contributed by atoms with Gasteiger partial charge in [0.15, 0.2) is 5.82 Å². The van der Waals surface area contributed by atoms with Crippen LogP contribution >= 0.6 is 15.9 Å². The van der Waals surface area contributed by atoms with E-state index < -0.39 is 0 Å². The van der Waals surface area contributed by atoms with Gasteiger partial charge in [-0.15, -0.1) is 10.2 Å². The van der Waals surface area contributed by atoms with Crippen LogP contribution in [0.5, 0.6) is 0 Å². The van der Waals surface area contributed by atoms with Gasteiger partial charge in [0.05, 0.1) is 13.2 Å². The number of rotatable bonds is 5. The van der Waals surface area contributed by atoms with Crippen LogP contribution in [0.3, 0.4) is 0 Å². The highest BCUT2D eigenvalue weighted by Crippen LogP contribution is 2.28. The SMILES string of the molecule is COCCn1c(CN)nnc1-c1ccc(C)cc1Br. The summed E-state index contributed by atoms with van der Waals surface area (Å²) in [6, 6.07) is 6.15. The maximum Gasteiger partial charge on any atom is 0.165 e. The molecule has 0 bridgehead atoms. The number of aryl methyl sites for hydroxylation is 1. The molecule has 0 amide bonds. The van der Waals surface area contributed by atoms with E-state index in [1.165, 1.54) is 5.56 Å². The fourth-order valence-corrected chi connectivity index (χ4v) is 2.58. The largest absolute Gasteiger partial charge is 0.383 e. The van der Waals surface area contributed by atoms with Crippen LogP contribution in [0, 0.1) is 6.92 Å². The molecule has 19 heavy (non-hydrogen) atoms. The Morgan fingerprint density at radius 3 is 2.79 bits per heavy atom. The molecule has 0 radical (unpaired) electrons. The normalized spacial score (nSPS) is 10.9. The van der Waals surface area contributed by atoms with Crippen molar-refractivity contribution >= 4 is 15.9 Å². The lowest BCUT2D eigenvalue weighted by atomic mass is 10.1.